The topological polar surface area (TPSA) is 146 Å². The van der Waals surface area contributed by atoms with Crippen molar-refractivity contribution < 1.29 is 14.3 Å². The zero-order valence-electron chi connectivity index (χ0n) is 23.8. The molecule has 0 bridgehead atoms. The standard InChI is InChI=1S/C29H37N9O3/c1-5-19(3)33-26(39)25-34-27(36-28(35-25)41-17-29(6-2)9-10-29)38-11-7-20(8-12-38)16-40-23-13-21(14-31-24(23)30)22-15-37(4)18-32-22/h2,13-15,18-20H,5,7-12,16-17H2,1,3-4H3,(H2,30,31)(H,33,39)/t19-/m1/s1. The van der Waals surface area contributed by atoms with Crippen LogP contribution in [0.3, 0.4) is 0 Å². The molecule has 3 aromatic rings. The Morgan fingerprint density at radius 2 is 2.02 bits per heavy atom. The number of ether oxygens (including phenoxy) is 2. The first kappa shape index (κ1) is 28.1. The lowest BCUT2D eigenvalue weighted by Gasteiger charge is -2.32. The van der Waals surface area contributed by atoms with Gasteiger partial charge in [-0.05, 0) is 51.0 Å². The number of aryl methyl sites for hydroxylation is 1. The maximum atomic E-state index is 12.9. The van der Waals surface area contributed by atoms with Crippen molar-refractivity contribution in [1.29, 1.82) is 0 Å². The van der Waals surface area contributed by atoms with Gasteiger partial charge in [0.2, 0.25) is 11.8 Å². The minimum absolute atomic E-state index is 0.00658. The number of amides is 1. The number of terminal acetylenes is 1. The van der Waals surface area contributed by atoms with Crippen molar-refractivity contribution >= 4 is 17.7 Å². The van der Waals surface area contributed by atoms with Crippen molar-refractivity contribution in [2.45, 2.75) is 52.0 Å². The van der Waals surface area contributed by atoms with Gasteiger partial charge in [-0.25, -0.2) is 9.97 Å². The number of hydrogen-bond donors (Lipinski definition) is 2. The van der Waals surface area contributed by atoms with E-state index in [0.717, 1.165) is 43.4 Å². The molecular formula is C29H37N9O3. The van der Waals surface area contributed by atoms with Crippen LogP contribution in [-0.2, 0) is 7.05 Å². The van der Waals surface area contributed by atoms with Crippen molar-refractivity contribution in [3.05, 3.63) is 30.6 Å². The second-order valence-corrected chi connectivity index (χ2v) is 11.0. The smallest absolute Gasteiger partial charge is 0.322 e. The fourth-order valence-corrected chi connectivity index (χ4v) is 4.51. The van der Waals surface area contributed by atoms with Crippen LogP contribution in [0.15, 0.2) is 24.8 Å². The minimum Gasteiger partial charge on any atom is -0.489 e. The summed E-state index contributed by atoms with van der Waals surface area (Å²) in [5, 5.41) is 2.92. The number of nitrogens with one attached hydrogen (secondary N) is 1. The molecule has 1 amide bonds. The largest absolute Gasteiger partial charge is 0.489 e. The number of piperidine rings is 1. The molecule has 12 heteroatoms. The summed E-state index contributed by atoms with van der Waals surface area (Å²) in [6.07, 6.45) is 15.3. The van der Waals surface area contributed by atoms with Gasteiger partial charge in [-0.3, -0.25) is 4.79 Å². The second kappa shape index (κ2) is 12.0. The zero-order valence-corrected chi connectivity index (χ0v) is 23.8. The number of nitrogen functional groups attached to an aromatic ring is 1. The van der Waals surface area contributed by atoms with Crippen LogP contribution in [0.1, 0.15) is 56.6 Å². The number of carbonyl (C=O) groups excluding carboxylic acids is 1. The van der Waals surface area contributed by atoms with Crippen LogP contribution in [0.5, 0.6) is 11.8 Å². The summed E-state index contributed by atoms with van der Waals surface area (Å²) in [5.41, 5.74) is 7.49. The highest BCUT2D eigenvalue weighted by Crippen LogP contribution is 2.44. The van der Waals surface area contributed by atoms with Crippen LogP contribution in [0.25, 0.3) is 11.3 Å². The summed E-state index contributed by atoms with van der Waals surface area (Å²) >= 11 is 0. The van der Waals surface area contributed by atoms with Gasteiger partial charge < -0.3 is 30.0 Å². The van der Waals surface area contributed by atoms with Crippen molar-refractivity contribution in [3.8, 4) is 35.4 Å². The Morgan fingerprint density at radius 1 is 1.24 bits per heavy atom. The van der Waals surface area contributed by atoms with E-state index in [1.165, 1.54) is 0 Å². The van der Waals surface area contributed by atoms with Gasteiger partial charge >= 0.3 is 6.01 Å². The van der Waals surface area contributed by atoms with Gasteiger partial charge in [-0.15, -0.1) is 6.42 Å². The number of anilines is 2. The molecule has 1 aliphatic carbocycles. The van der Waals surface area contributed by atoms with Crippen molar-refractivity contribution in [3.63, 3.8) is 0 Å². The normalized spacial score (nSPS) is 17.0. The molecule has 1 saturated carbocycles. The molecular weight excluding hydrogens is 522 g/mol. The van der Waals surface area contributed by atoms with E-state index in [9.17, 15) is 4.79 Å². The van der Waals surface area contributed by atoms with E-state index in [1.807, 2.05) is 37.7 Å². The number of imidazole rings is 1. The van der Waals surface area contributed by atoms with Crippen molar-refractivity contribution in [2.75, 3.05) is 36.9 Å². The van der Waals surface area contributed by atoms with Gasteiger partial charge in [-0.2, -0.15) is 15.0 Å². The van der Waals surface area contributed by atoms with Gasteiger partial charge in [0.15, 0.2) is 11.6 Å². The Bertz CT molecular complexity index is 1420. The third-order valence-electron chi connectivity index (χ3n) is 7.69. The Hall–Kier alpha value is -4.40. The SMILES string of the molecule is C#CC1(COc2nc(C(=O)N[C@H](C)CC)nc(N3CCC(COc4cc(-c5cn(C)cn5)cnc4N)CC3)n2)CC1. The summed E-state index contributed by atoms with van der Waals surface area (Å²) in [5.74, 6) is 4.11. The number of nitrogens with zero attached hydrogens (tertiary/aromatic N) is 7. The maximum Gasteiger partial charge on any atom is 0.322 e. The number of rotatable bonds is 11. The highest BCUT2D eigenvalue weighted by atomic mass is 16.5. The average Bonchev–Trinajstić information content (AvgIpc) is 3.65. The molecule has 41 heavy (non-hydrogen) atoms. The number of pyridine rings is 1. The molecule has 3 aromatic heterocycles. The predicted molar refractivity (Wildman–Crippen MR) is 154 cm³/mol. The van der Waals surface area contributed by atoms with Gasteiger partial charge in [-0.1, -0.05) is 12.8 Å². The third-order valence-corrected chi connectivity index (χ3v) is 7.69. The Balaban J connectivity index is 1.23. The molecule has 3 N–H and O–H groups in total. The molecule has 12 nitrogen and oxygen atoms in total. The molecule has 2 fully saturated rings. The van der Waals surface area contributed by atoms with E-state index in [2.05, 4.69) is 41.1 Å². The van der Waals surface area contributed by atoms with Crippen LogP contribution in [-0.4, -0.2) is 67.7 Å². The highest BCUT2D eigenvalue weighted by Gasteiger charge is 2.42. The quantitative estimate of drug-likeness (QED) is 0.336. The van der Waals surface area contributed by atoms with Crippen LogP contribution in [0.2, 0.25) is 0 Å². The molecule has 0 aromatic carbocycles. The summed E-state index contributed by atoms with van der Waals surface area (Å²) in [7, 11) is 1.92. The summed E-state index contributed by atoms with van der Waals surface area (Å²) < 4.78 is 13.9. The molecule has 0 radical (unpaired) electrons. The maximum absolute atomic E-state index is 12.9. The van der Waals surface area contributed by atoms with Crippen LogP contribution < -0.4 is 25.4 Å². The lowest BCUT2D eigenvalue weighted by molar-refractivity contribution is 0.0926. The predicted octanol–water partition coefficient (Wildman–Crippen LogP) is 2.87. The first-order chi connectivity index (χ1) is 19.8. The monoisotopic (exact) mass is 559 g/mol. The van der Waals surface area contributed by atoms with E-state index < -0.39 is 0 Å². The van der Waals surface area contributed by atoms with Gasteiger partial charge in [0.25, 0.3) is 5.91 Å². The average molecular weight is 560 g/mol. The van der Waals surface area contributed by atoms with Crippen molar-refractivity contribution in [2.24, 2.45) is 18.4 Å². The number of hydrogen-bond acceptors (Lipinski definition) is 10. The fraction of sp³-hybridized carbons (Fsp3) is 0.517. The molecule has 2 aliphatic rings. The molecule has 1 atom stereocenters. The van der Waals surface area contributed by atoms with E-state index >= 15 is 0 Å². The van der Waals surface area contributed by atoms with Crippen LogP contribution in [0, 0.1) is 23.7 Å². The molecule has 0 unspecified atom stereocenters. The molecule has 216 valence electrons. The molecule has 0 spiro atoms. The summed E-state index contributed by atoms with van der Waals surface area (Å²) in [4.78, 5) is 36.9. The van der Waals surface area contributed by atoms with Crippen molar-refractivity contribution in [1.82, 2.24) is 34.8 Å². The summed E-state index contributed by atoms with van der Waals surface area (Å²) in [6.45, 7) is 6.15. The van der Waals surface area contributed by atoms with E-state index in [1.54, 1.807) is 12.5 Å². The molecule has 1 saturated heterocycles. The van der Waals surface area contributed by atoms with Gasteiger partial charge in [0, 0.05) is 44.1 Å². The Kier molecular flexibility index (Phi) is 8.23. The first-order valence-corrected chi connectivity index (χ1v) is 14.1. The number of carbonyl (C=O) groups is 1. The van der Waals surface area contributed by atoms with E-state index in [0.29, 0.717) is 49.7 Å². The minimum atomic E-state index is -0.353. The first-order valence-electron chi connectivity index (χ1n) is 14.1. The van der Waals surface area contributed by atoms with E-state index in [-0.39, 0.29) is 29.2 Å². The lowest BCUT2D eigenvalue weighted by atomic mass is 9.98. The van der Waals surface area contributed by atoms with E-state index in [4.69, 9.17) is 21.6 Å². The fourth-order valence-electron chi connectivity index (χ4n) is 4.51. The summed E-state index contributed by atoms with van der Waals surface area (Å²) in [6, 6.07) is 1.99. The lowest BCUT2D eigenvalue weighted by Crippen LogP contribution is -2.38. The number of aromatic nitrogens is 6. The Morgan fingerprint density at radius 3 is 2.68 bits per heavy atom. The molecule has 1 aliphatic heterocycles. The third kappa shape index (κ3) is 6.85. The number of nitrogens with two attached hydrogens (primary N) is 1. The van der Waals surface area contributed by atoms with Crippen LogP contribution in [0.4, 0.5) is 11.8 Å². The molecule has 5 rings (SSSR count). The second-order valence-electron chi connectivity index (χ2n) is 11.0. The highest BCUT2D eigenvalue weighted by molar-refractivity contribution is 5.90. The van der Waals surface area contributed by atoms with Crippen LogP contribution >= 0.6 is 0 Å². The van der Waals surface area contributed by atoms with Gasteiger partial charge in [0.1, 0.15) is 6.61 Å². The van der Waals surface area contributed by atoms with Gasteiger partial charge in [0.05, 0.1) is 24.0 Å². The zero-order chi connectivity index (χ0) is 29.0. The molecule has 4 heterocycles. The Labute approximate surface area is 240 Å².